The van der Waals surface area contributed by atoms with Crippen molar-refractivity contribution in [3.8, 4) is 0 Å². The van der Waals surface area contributed by atoms with Gasteiger partial charge in [-0.2, -0.15) is 5.10 Å². The topological polar surface area (TPSA) is 54.7 Å². The zero-order valence-corrected chi connectivity index (χ0v) is 6.91. The Morgan fingerprint density at radius 2 is 2.17 bits per heavy atom. The number of fused-ring (bicyclic) bond motifs is 1. The molecule has 0 spiro atoms. The Hall–Kier alpha value is -1.51. The summed E-state index contributed by atoms with van der Waals surface area (Å²) >= 11 is 0. The minimum absolute atomic E-state index is 0.463. The number of nitrogens with zero attached hydrogens (tertiary/aromatic N) is 1. The zero-order valence-electron chi connectivity index (χ0n) is 6.91. The molecule has 1 aromatic heterocycles. The minimum Gasteiger partial charge on any atom is -0.382 e. The summed E-state index contributed by atoms with van der Waals surface area (Å²) in [6.45, 7) is 2.13. The Bertz CT molecular complexity index is 347. The number of aromatic nitrogens is 2. The number of rotatable bonds is 0. The van der Waals surface area contributed by atoms with Crippen LogP contribution in [0.15, 0.2) is 12.2 Å². The third-order valence-corrected chi connectivity index (χ3v) is 2.00. The number of hydrogen-bond acceptors (Lipinski definition) is 2. The second kappa shape index (κ2) is 2.52. The molecule has 0 aliphatic heterocycles. The quantitative estimate of drug-likeness (QED) is 0.608. The van der Waals surface area contributed by atoms with Crippen molar-refractivity contribution in [2.24, 2.45) is 5.92 Å². The van der Waals surface area contributed by atoms with E-state index in [-0.39, 0.29) is 0 Å². The van der Waals surface area contributed by atoms with Gasteiger partial charge in [-0.1, -0.05) is 25.2 Å². The highest BCUT2D eigenvalue weighted by molar-refractivity contribution is 5.72. The molecule has 1 heterocycles. The van der Waals surface area contributed by atoms with Gasteiger partial charge in [-0.15, -0.1) is 0 Å². The van der Waals surface area contributed by atoms with Gasteiger partial charge in [0.1, 0.15) is 0 Å². The SMILES string of the molecule is CC1C=Cc2[nH]nc(N)c2C=C1. The van der Waals surface area contributed by atoms with Gasteiger partial charge in [0.15, 0.2) is 5.82 Å². The van der Waals surface area contributed by atoms with Crippen LogP contribution in [0.2, 0.25) is 0 Å². The van der Waals surface area contributed by atoms with Gasteiger partial charge in [-0.05, 0) is 12.0 Å². The van der Waals surface area contributed by atoms with Crippen molar-refractivity contribution in [2.75, 3.05) is 5.73 Å². The zero-order chi connectivity index (χ0) is 8.55. The predicted octanol–water partition coefficient (Wildman–Crippen LogP) is 1.67. The average Bonchev–Trinajstić information content (AvgIpc) is 2.28. The summed E-state index contributed by atoms with van der Waals surface area (Å²) in [5.41, 5.74) is 7.64. The summed E-state index contributed by atoms with van der Waals surface area (Å²) < 4.78 is 0. The third kappa shape index (κ3) is 1.03. The van der Waals surface area contributed by atoms with E-state index in [2.05, 4.69) is 29.3 Å². The Morgan fingerprint density at radius 3 is 3.00 bits per heavy atom. The monoisotopic (exact) mass is 161 g/mol. The van der Waals surface area contributed by atoms with E-state index >= 15 is 0 Å². The molecule has 1 aliphatic carbocycles. The molecular formula is C9H11N3. The van der Waals surface area contributed by atoms with Gasteiger partial charge in [0.05, 0.1) is 5.69 Å². The molecule has 0 bridgehead atoms. The van der Waals surface area contributed by atoms with Crippen LogP contribution in [0.25, 0.3) is 12.2 Å². The first-order valence-corrected chi connectivity index (χ1v) is 3.97. The van der Waals surface area contributed by atoms with Gasteiger partial charge in [-0.3, -0.25) is 5.10 Å². The highest BCUT2D eigenvalue weighted by Gasteiger charge is 2.07. The van der Waals surface area contributed by atoms with Crippen molar-refractivity contribution in [3.63, 3.8) is 0 Å². The fourth-order valence-electron chi connectivity index (χ4n) is 1.24. The summed E-state index contributed by atoms with van der Waals surface area (Å²) in [6.07, 6.45) is 8.25. The van der Waals surface area contributed by atoms with Crippen molar-refractivity contribution < 1.29 is 0 Å². The van der Waals surface area contributed by atoms with Crippen molar-refractivity contribution >= 4 is 18.0 Å². The maximum atomic E-state index is 5.65. The number of nitrogens with two attached hydrogens (primary N) is 1. The first-order valence-electron chi connectivity index (χ1n) is 3.97. The molecule has 2 rings (SSSR count). The lowest BCUT2D eigenvalue weighted by molar-refractivity contribution is 0.952. The predicted molar refractivity (Wildman–Crippen MR) is 50.2 cm³/mol. The van der Waals surface area contributed by atoms with Gasteiger partial charge < -0.3 is 5.73 Å². The fourth-order valence-corrected chi connectivity index (χ4v) is 1.24. The molecule has 12 heavy (non-hydrogen) atoms. The highest BCUT2D eigenvalue weighted by Crippen LogP contribution is 2.21. The van der Waals surface area contributed by atoms with E-state index in [0.29, 0.717) is 11.7 Å². The number of nitrogens with one attached hydrogen (secondary N) is 1. The van der Waals surface area contributed by atoms with Crippen molar-refractivity contribution in [2.45, 2.75) is 6.92 Å². The van der Waals surface area contributed by atoms with Gasteiger partial charge >= 0.3 is 0 Å². The van der Waals surface area contributed by atoms with Crippen LogP contribution < -0.4 is 5.73 Å². The van der Waals surface area contributed by atoms with Crippen molar-refractivity contribution in [1.82, 2.24) is 10.2 Å². The summed E-state index contributed by atoms with van der Waals surface area (Å²) in [7, 11) is 0. The molecule has 0 aromatic carbocycles. The van der Waals surface area contributed by atoms with Crippen LogP contribution in [0.1, 0.15) is 18.2 Å². The van der Waals surface area contributed by atoms with E-state index < -0.39 is 0 Å². The molecular weight excluding hydrogens is 150 g/mol. The van der Waals surface area contributed by atoms with E-state index in [1.165, 1.54) is 0 Å². The van der Waals surface area contributed by atoms with E-state index in [1.807, 2.05) is 12.2 Å². The first kappa shape index (κ1) is 7.16. The molecule has 1 atom stereocenters. The molecule has 0 saturated carbocycles. The number of nitrogen functional groups attached to an aromatic ring is 1. The van der Waals surface area contributed by atoms with Crippen molar-refractivity contribution in [1.29, 1.82) is 0 Å². The highest BCUT2D eigenvalue weighted by atomic mass is 15.2. The average molecular weight is 161 g/mol. The lowest BCUT2D eigenvalue weighted by Crippen LogP contribution is -1.86. The lowest BCUT2D eigenvalue weighted by atomic mass is 10.1. The maximum Gasteiger partial charge on any atom is 0.153 e. The number of allylic oxidation sites excluding steroid dienone is 2. The van der Waals surface area contributed by atoms with E-state index in [0.717, 1.165) is 11.3 Å². The van der Waals surface area contributed by atoms with E-state index in [4.69, 9.17) is 5.73 Å². The van der Waals surface area contributed by atoms with Crippen LogP contribution in [0.5, 0.6) is 0 Å². The van der Waals surface area contributed by atoms with Gasteiger partial charge in [0.25, 0.3) is 0 Å². The minimum atomic E-state index is 0.463. The maximum absolute atomic E-state index is 5.65. The lowest BCUT2D eigenvalue weighted by Gasteiger charge is -1.91. The van der Waals surface area contributed by atoms with Gasteiger partial charge in [0.2, 0.25) is 0 Å². The van der Waals surface area contributed by atoms with Crippen LogP contribution in [-0.2, 0) is 0 Å². The van der Waals surface area contributed by atoms with E-state index in [1.54, 1.807) is 0 Å². The summed E-state index contributed by atoms with van der Waals surface area (Å²) in [5, 5.41) is 6.79. The largest absolute Gasteiger partial charge is 0.382 e. The second-order valence-corrected chi connectivity index (χ2v) is 3.01. The molecule has 3 nitrogen and oxygen atoms in total. The van der Waals surface area contributed by atoms with Crippen LogP contribution >= 0.6 is 0 Å². The second-order valence-electron chi connectivity index (χ2n) is 3.01. The van der Waals surface area contributed by atoms with Gasteiger partial charge in [0, 0.05) is 5.56 Å². The number of anilines is 1. The number of hydrogen-bond donors (Lipinski definition) is 2. The van der Waals surface area contributed by atoms with E-state index in [9.17, 15) is 0 Å². The Morgan fingerprint density at radius 1 is 1.42 bits per heavy atom. The third-order valence-electron chi connectivity index (χ3n) is 2.00. The number of H-pyrrole nitrogens is 1. The molecule has 0 radical (unpaired) electrons. The Balaban J connectivity index is 2.54. The molecule has 0 saturated heterocycles. The van der Waals surface area contributed by atoms with Crippen LogP contribution in [0.3, 0.4) is 0 Å². The smallest absolute Gasteiger partial charge is 0.153 e. The summed E-state index contributed by atoms with van der Waals surface area (Å²) in [5.74, 6) is 1.03. The Labute approximate surface area is 71.0 Å². The van der Waals surface area contributed by atoms with Gasteiger partial charge in [-0.25, -0.2) is 0 Å². The fraction of sp³-hybridized carbons (Fsp3) is 0.222. The molecule has 1 unspecified atom stereocenters. The Kier molecular flexibility index (Phi) is 1.50. The molecule has 3 heteroatoms. The van der Waals surface area contributed by atoms with Crippen LogP contribution in [0, 0.1) is 5.92 Å². The first-order chi connectivity index (χ1) is 5.77. The molecule has 0 amide bonds. The summed E-state index contributed by atoms with van der Waals surface area (Å²) in [4.78, 5) is 0. The molecule has 1 aliphatic rings. The standard InChI is InChI=1S/C9H11N3/c1-6-2-4-7-8(5-3-6)11-12-9(7)10/h2-6H,1H3,(H3,10,11,12). The molecule has 0 fully saturated rings. The van der Waals surface area contributed by atoms with Crippen LogP contribution in [-0.4, -0.2) is 10.2 Å². The molecule has 3 N–H and O–H groups in total. The normalized spacial score (nSPS) is 20.6. The summed E-state index contributed by atoms with van der Waals surface area (Å²) in [6, 6.07) is 0. The molecule has 62 valence electrons. The van der Waals surface area contributed by atoms with Crippen LogP contribution in [0.4, 0.5) is 5.82 Å². The molecule has 1 aromatic rings. The number of aromatic amines is 1. The van der Waals surface area contributed by atoms with Crippen molar-refractivity contribution in [3.05, 3.63) is 23.4 Å².